The van der Waals surface area contributed by atoms with E-state index in [-0.39, 0.29) is 0 Å². The van der Waals surface area contributed by atoms with E-state index < -0.39 is 0 Å². The van der Waals surface area contributed by atoms with Gasteiger partial charge < -0.3 is 14.4 Å². The average Bonchev–Trinajstić information content (AvgIpc) is 2.60. The minimum atomic E-state index is 0.688. The molecule has 0 radical (unpaired) electrons. The number of methoxy groups -OCH3 is 2. The Hall–Kier alpha value is -2.67. The van der Waals surface area contributed by atoms with Gasteiger partial charge in [0.1, 0.15) is 0 Å². The number of benzene rings is 2. The average molecular weight is 294 g/mol. The molecule has 0 N–H and O–H groups in total. The van der Waals surface area contributed by atoms with Crippen molar-refractivity contribution in [3.63, 3.8) is 0 Å². The van der Waals surface area contributed by atoms with E-state index in [1.165, 1.54) is 11.1 Å². The highest BCUT2D eigenvalue weighted by molar-refractivity contribution is 5.55. The number of nitrogens with zero attached hydrogens (tertiary/aromatic N) is 2. The lowest BCUT2D eigenvalue weighted by Gasteiger charge is -2.31. The molecule has 0 amide bonds. The number of anilines is 1. The van der Waals surface area contributed by atoms with E-state index in [1.54, 1.807) is 14.2 Å². The van der Waals surface area contributed by atoms with E-state index >= 15 is 0 Å². The first kappa shape index (κ1) is 14.3. The molecule has 4 nitrogen and oxygen atoms in total. The van der Waals surface area contributed by atoms with Gasteiger partial charge in [-0.1, -0.05) is 0 Å². The molecule has 3 rings (SSSR count). The number of ether oxygens (including phenoxy) is 2. The van der Waals surface area contributed by atoms with Gasteiger partial charge in [0.15, 0.2) is 11.5 Å². The predicted octanol–water partition coefficient (Wildman–Crippen LogP) is 3.14. The van der Waals surface area contributed by atoms with E-state index in [4.69, 9.17) is 14.7 Å². The fourth-order valence-corrected chi connectivity index (χ4v) is 2.85. The van der Waals surface area contributed by atoms with Crippen molar-refractivity contribution in [3.05, 3.63) is 53.1 Å². The largest absolute Gasteiger partial charge is 0.493 e. The fourth-order valence-electron chi connectivity index (χ4n) is 2.85. The quantitative estimate of drug-likeness (QED) is 0.872. The zero-order chi connectivity index (χ0) is 15.5. The van der Waals surface area contributed by atoms with Crippen LogP contribution < -0.4 is 14.4 Å². The summed E-state index contributed by atoms with van der Waals surface area (Å²) in [4.78, 5) is 2.31. The molecule has 2 aromatic carbocycles. The van der Waals surface area contributed by atoms with Crippen molar-refractivity contribution in [2.75, 3.05) is 25.7 Å². The monoisotopic (exact) mass is 294 g/mol. The molecule has 112 valence electrons. The van der Waals surface area contributed by atoms with Crippen molar-refractivity contribution in [3.8, 4) is 17.6 Å². The summed E-state index contributed by atoms with van der Waals surface area (Å²) in [6.45, 7) is 1.79. The van der Waals surface area contributed by atoms with Crippen LogP contribution in [0.4, 0.5) is 5.69 Å². The van der Waals surface area contributed by atoms with Gasteiger partial charge in [-0.05, 0) is 53.9 Å². The minimum absolute atomic E-state index is 0.688. The van der Waals surface area contributed by atoms with Crippen molar-refractivity contribution in [2.45, 2.75) is 13.0 Å². The van der Waals surface area contributed by atoms with Gasteiger partial charge in [-0.2, -0.15) is 5.26 Å². The Morgan fingerprint density at radius 1 is 1.00 bits per heavy atom. The third-order valence-electron chi connectivity index (χ3n) is 4.08. The van der Waals surface area contributed by atoms with E-state index in [9.17, 15) is 0 Å². The normalized spacial score (nSPS) is 13.2. The molecular weight excluding hydrogens is 276 g/mol. The number of hydrogen-bond acceptors (Lipinski definition) is 4. The summed E-state index contributed by atoms with van der Waals surface area (Å²) in [7, 11) is 3.32. The summed E-state index contributed by atoms with van der Waals surface area (Å²) < 4.78 is 10.8. The lowest BCUT2D eigenvalue weighted by Crippen LogP contribution is -2.30. The number of hydrogen-bond donors (Lipinski definition) is 0. The van der Waals surface area contributed by atoms with Crippen molar-refractivity contribution < 1.29 is 9.47 Å². The molecule has 0 bridgehead atoms. The predicted molar refractivity (Wildman–Crippen MR) is 85.5 cm³/mol. The lowest BCUT2D eigenvalue weighted by atomic mass is 9.98. The van der Waals surface area contributed by atoms with Gasteiger partial charge in [0.25, 0.3) is 0 Å². The molecule has 0 aliphatic carbocycles. The Morgan fingerprint density at radius 3 is 2.23 bits per heavy atom. The number of fused-ring (bicyclic) bond motifs is 1. The highest BCUT2D eigenvalue weighted by Crippen LogP contribution is 2.34. The van der Waals surface area contributed by atoms with Crippen molar-refractivity contribution in [1.82, 2.24) is 0 Å². The molecule has 0 saturated carbocycles. The SMILES string of the molecule is COc1cc2c(cc1OC)CN(c1ccc(C#N)cc1)CC2. The van der Waals surface area contributed by atoms with Gasteiger partial charge >= 0.3 is 0 Å². The van der Waals surface area contributed by atoms with Gasteiger partial charge in [0, 0.05) is 18.8 Å². The maximum atomic E-state index is 8.89. The topological polar surface area (TPSA) is 45.5 Å². The summed E-state index contributed by atoms with van der Waals surface area (Å²) in [5.41, 5.74) is 4.39. The molecular formula is C18H18N2O2. The van der Waals surface area contributed by atoms with Crippen LogP contribution in [0.2, 0.25) is 0 Å². The molecule has 0 unspecified atom stereocenters. The van der Waals surface area contributed by atoms with Gasteiger partial charge in [-0.25, -0.2) is 0 Å². The second-order valence-corrected chi connectivity index (χ2v) is 5.31. The fraction of sp³-hybridized carbons (Fsp3) is 0.278. The van der Waals surface area contributed by atoms with Gasteiger partial charge in [-0.15, -0.1) is 0 Å². The molecule has 1 aliphatic rings. The van der Waals surface area contributed by atoms with E-state index in [1.807, 2.05) is 24.3 Å². The van der Waals surface area contributed by atoms with E-state index in [0.29, 0.717) is 5.56 Å². The van der Waals surface area contributed by atoms with Crippen molar-refractivity contribution in [2.24, 2.45) is 0 Å². The first-order chi connectivity index (χ1) is 10.7. The standard InChI is InChI=1S/C18H18N2O2/c1-21-17-9-14-7-8-20(12-15(14)10-18(17)22-2)16-5-3-13(11-19)4-6-16/h3-6,9-10H,7-8,12H2,1-2H3. The Bertz CT molecular complexity index is 717. The van der Waals surface area contributed by atoms with Crippen LogP contribution in [0.1, 0.15) is 16.7 Å². The summed E-state index contributed by atoms with van der Waals surface area (Å²) in [6.07, 6.45) is 0.968. The van der Waals surface area contributed by atoms with Gasteiger partial charge in [0.2, 0.25) is 0 Å². The molecule has 0 atom stereocenters. The molecule has 4 heteroatoms. The molecule has 0 aromatic heterocycles. The summed E-state index contributed by atoms with van der Waals surface area (Å²) in [6, 6.07) is 14.0. The first-order valence-electron chi connectivity index (χ1n) is 7.24. The van der Waals surface area contributed by atoms with Crippen LogP contribution >= 0.6 is 0 Å². The Labute approximate surface area is 130 Å². The molecule has 22 heavy (non-hydrogen) atoms. The molecule has 0 fully saturated rings. The molecule has 0 spiro atoms. The first-order valence-corrected chi connectivity index (χ1v) is 7.24. The van der Waals surface area contributed by atoms with Crippen LogP contribution in [0.25, 0.3) is 0 Å². The number of rotatable bonds is 3. The zero-order valence-corrected chi connectivity index (χ0v) is 12.8. The van der Waals surface area contributed by atoms with E-state index in [2.05, 4.69) is 23.1 Å². The highest BCUT2D eigenvalue weighted by atomic mass is 16.5. The smallest absolute Gasteiger partial charge is 0.161 e. The van der Waals surface area contributed by atoms with Crippen molar-refractivity contribution in [1.29, 1.82) is 5.26 Å². The van der Waals surface area contributed by atoms with Crippen LogP contribution in [0.5, 0.6) is 11.5 Å². The van der Waals surface area contributed by atoms with Gasteiger partial charge in [-0.3, -0.25) is 0 Å². The molecule has 2 aromatic rings. The third-order valence-corrected chi connectivity index (χ3v) is 4.08. The highest BCUT2D eigenvalue weighted by Gasteiger charge is 2.19. The van der Waals surface area contributed by atoms with Crippen LogP contribution in [-0.2, 0) is 13.0 Å². The van der Waals surface area contributed by atoms with E-state index in [0.717, 1.165) is 36.7 Å². The van der Waals surface area contributed by atoms with Crippen LogP contribution in [0.3, 0.4) is 0 Å². The summed E-state index contributed by atoms with van der Waals surface area (Å²) in [5, 5.41) is 8.89. The zero-order valence-electron chi connectivity index (χ0n) is 12.8. The van der Waals surface area contributed by atoms with Crippen molar-refractivity contribution >= 4 is 5.69 Å². The molecule has 1 heterocycles. The van der Waals surface area contributed by atoms with Crippen LogP contribution in [0, 0.1) is 11.3 Å². The van der Waals surface area contributed by atoms with Crippen LogP contribution in [-0.4, -0.2) is 20.8 Å². The summed E-state index contributed by atoms with van der Waals surface area (Å²) in [5.74, 6) is 1.55. The second kappa shape index (κ2) is 5.98. The lowest BCUT2D eigenvalue weighted by molar-refractivity contribution is 0.353. The Morgan fingerprint density at radius 2 is 1.64 bits per heavy atom. The second-order valence-electron chi connectivity index (χ2n) is 5.31. The Balaban J connectivity index is 1.88. The Kier molecular flexibility index (Phi) is 3.88. The van der Waals surface area contributed by atoms with Crippen LogP contribution in [0.15, 0.2) is 36.4 Å². The van der Waals surface area contributed by atoms with Gasteiger partial charge in [0.05, 0.1) is 25.9 Å². The maximum Gasteiger partial charge on any atom is 0.161 e. The molecule has 0 saturated heterocycles. The summed E-state index contributed by atoms with van der Waals surface area (Å²) >= 11 is 0. The minimum Gasteiger partial charge on any atom is -0.493 e. The maximum absolute atomic E-state index is 8.89. The molecule has 1 aliphatic heterocycles. The number of nitriles is 1. The third kappa shape index (κ3) is 2.58.